The third kappa shape index (κ3) is 4.71. The molecule has 146 valence electrons. The van der Waals surface area contributed by atoms with Crippen LogP contribution in [0.4, 0.5) is 4.79 Å². The lowest BCUT2D eigenvalue weighted by Crippen LogP contribution is -2.50. The lowest BCUT2D eigenvalue weighted by molar-refractivity contribution is -0.143. The van der Waals surface area contributed by atoms with Gasteiger partial charge in [-0.2, -0.15) is 0 Å². The minimum absolute atomic E-state index is 0.0162. The number of nitrogens with one attached hydrogen (secondary N) is 1. The molecule has 0 aromatic heterocycles. The predicted octanol–water partition coefficient (Wildman–Crippen LogP) is 2.51. The SMILES string of the molecule is O=C(NC(C(=O)O)c1ccc(Cl)cc1)C1CCCN(C(=O)N2CCCC2)C1. The van der Waals surface area contributed by atoms with Gasteiger partial charge in [0.05, 0.1) is 5.92 Å². The third-order valence-corrected chi connectivity index (χ3v) is 5.43. The number of rotatable bonds is 4. The summed E-state index contributed by atoms with van der Waals surface area (Å²) < 4.78 is 0. The molecule has 8 heteroatoms. The van der Waals surface area contributed by atoms with E-state index in [1.807, 2.05) is 4.90 Å². The molecule has 0 radical (unpaired) electrons. The first-order valence-electron chi connectivity index (χ1n) is 9.28. The van der Waals surface area contributed by atoms with Gasteiger partial charge in [0.2, 0.25) is 5.91 Å². The maximum atomic E-state index is 12.7. The highest BCUT2D eigenvalue weighted by atomic mass is 35.5. The average molecular weight is 394 g/mol. The Bertz CT molecular complexity index is 703. The van der Waals surface area contributed by atoms with E-state index < -0.39 is 17.9 Å². The lowest BCUT2D eigenvalue weighted by atomic mass is 9.96. The maximum Gasteiger partial charge on any atom is 0.330 e. The van der Waals surface area contributed by atoms with Crippen LogP contribution in [-0.2, 0) is 9.59 Å². The normalized spacial score (nSPS) is 21.0. The van der Waals surface area contributed by atoms with Gasteiger partial charge >= 0.3 is 12.0 Å². The van der Waals surface area contributed by atoms with Crippen molar-refractivity contribution in [2.45, 2.75) is 31.7 Å². The number of carboxylic acid groups (broad SMARTS) is 1. The zero-order chi connectivity index (χ0) is 19.4. The van der Waals surface area contributed by atoms with Gasteiger partial charge in [-0.3, -0.25) is 4.79 Å². The number of nitrogens with zero attached hydrogens (tertiary/aromatic N) is 2. The Labute approximate surface area is 163 Å². The zero-order valence-electron chi connectivity index (χ0n) is 15.1. The Kier molecular flexibility index (Phi) is 6.21. The fraction of sp³-hybridized carbons (Fsp3) is 0.526. The van der Waals surface area contributed by atoms with E-state index in [4.69, 9.17) is 11.6 Å². The molecule has 1 aromatic rings. The average Bonchev–Trinajstić information content (AvgIpc) is 3.21. The van der Waals surface area contributed by atoms with Gasteiger partial charge in [0.25, 0.3) is 0 Å². The molecule has 2 atom stereocenters. The van der Waals surface area contributed by atoms with Crippen molar-refractivity contribution >= 4 is 29.5 Å². The van der Waals surface area contributed by atoms with E-state index in [-0.39, 0.29) is 11.9 Å². The number of likely N-dealkylation sites (tertiary alicyclic amines) is 2. The van der Waals surface area contributed by atoms with Crippen LogP contribution >= 0.6 is 11.6 Å². The molecular weight excluding hydrogens is 370 g/mol. The van der Waals surface area contributed by atoms with E-state index >= 15 is 0 Å². The molecule has 0 saturated carbocycles. The number of aliphatic carboxylic acids is 1. The van der Waals surface area contributed by atoms with Crippen molar-refractivity contribution in [2.75, 3.05) is 26.2 Å². The van der Waals surface area contributed by atoms with Crippen LogP contribution in [0.5, 0.6) is 0 Å². The fourth-order valence-electron chi connectivity index (χ4n) is 3.68. The van der Waals surface area contributed by atoms with Crippen LogP contribution < -0.4 is 5.32 Å². The Morgan fingerprint density at radius 1 is 1.04 bits per heavy atom. The summed E-state index contributed by atoms with van der Waals surface area (Å²) in [6, 6.07) is 5.21. The molecular formula is C19H24ClN3O4. The van der Waals surface area contributed by atoms with Gasteiger partial charge < -0.3 is 20.2 Å². The minimum atomic E-state index is -1.14. The number of carboxylic acids is 1. The monoisotopic (exact) mass is 393 g/mol. The molecule has 1 aromatic carbocycles. The number of hydrogen-bond donors (Lipinski definition) is 2. The van der Waals surface area contributed by atoms with Crippen LogP contribution in [0.25, 0.3) is 0 Å². The first kappa shape index (κ1) is 19.5. The second-order valence-electron chi connectivity index (χ2n) is 7.09. The molecule has 7 nitrogen and oxygen atoms in total. The summed E-state index contributed by atoms with van der Waals surface area (Å²) in [4.78, 5) is 40.4. The molecule has 3 amide bonds. The molecule has 2 saturated heterocycles. The highest BCUT2D eigenvalue weighted by Gasteiger charge is 2.33. The molecule has 2 aliphatic heterocycles. The Balaban J connectivity index is 1.64. The summed E-state index contributed by atoms with van der Waals surface area (Å²) in [6.07, 6.45) is 3.41. The van der Waals surface area contributed by atoms with Crippen LogP contribution in [0.3, 0.4) is 0 Å². The van der Waals surface area contributed by atoms with Crippen LogP contribution in [0.1, 0.15) is 37.3 Å². The van der Waals surface area contributed by atoms with E-state index in [1.165, 1.54) is 0 Å². The molecule has 2 heterocycles. The largest absolute Gasteiger partial charge is 0.479 e. The fourth-order valence-corrected chi connectivity index (χ4v) is 3.80. The van der Waals surface area contributed by atoms with Gasteiger partial charge in [0, 0.05) is 31.2 Å². The van der Waals surface area contributed by atoms with Gasteiger partial charge in [0.15, 0.2) is 6.04 Å². The van der Waals surface area contributed by atoms with Gasteiger partial charge in [0.1, 0.15) is 0 Å². The first-order valence-corrected chi connectivity index (χ1v) is 9.66. The highest BCUT2D eigenvalue weighted by Crippen LogP contribution is 2.22. The van der Waals surface area contributed by atoms with E-state index in [9.17, 15) is 19.5 Å². The topological polar surface area (TPSA) is 90.0 Å². The van der Waals surface area contributed by atoms with E-state index in [0.29, 0.717) is 30.1 Å². The number of amides is 3. The summed E-state index contributed by atoms with van der Waals surface area (Å²) >= 11 is 5.85. The first-order chi connectivity index (χ1) is 13.0. The third-order valence-electron chi connectivity index (χ3n) is 5.18. The van der Waals surface area contributed by atoms with Gasteiger partial charge in [-0.1, -0.05) is 23.7 Å². The van der Waals surface area contributed by atoms with Gasteiger partial charge in [-0.15, -0.1) is 0 Å². The molecule has 2 fully saturated rings. The Morgan fingerprint density at radius 3 is 2.30 bits per heavy atom. The summed E-state index contributed by atoms with van der Waals surface area (Å²) in [6.45, 7) is 2.50. The summed E-state index contributed by atoms with van der Waals surface area (Å²) in [7, 11) is 0. The number of piperidine rings is 1. The van der Waals surface area contributed by atoms with Crippen molar-refractivity contribution in [1.82, 2.24) is 15.1 Å². The molecule has 2 aliphatic rings. The molecule has 0 aliphatic carbocycles. The number of hydrogen-bond acceptors (Lipinski definition) is 3. The van der Waals surface area contributed by atoms with Crippen LogP contribution in [0.15, 0.2) is 24.3 Å². The molecule has 0 bridgehead atoms. The maximum absolute atomic E-state index is 12.7. The summed E-state index contributed by atoms with van der Waals surface area (Å²) in [5.41, 5.74) is 0.459. The smallest absolute Gasteiger partial charge is 0.330 e. The number of halogens is 1. The van der Waals surface area contributed by atoms with E-state index in [1.54, 1.807) is 29.2 Å². The molecule has 2 N–H and O–H groups in total. The van der Waals surface area contributed by atoms with Crippen molar-refractivity contribution in [3.63, 3.8) is 0 Å². The number of benzene rings is 1. The summed E-state index contributed by atoms with van der Waals surface area (Å²) in [5, 5.41) is 12.6. The Hall–Kier alpha value is -2.28. The molecule has 3 rings (SSSR count). The van der Waals surface area contributed by atoms with Gasteiger partial charge in [-0.25, -0.2) is 9.59 Å². The number of urea groups is 1. The molecule has 27 heavy (non-hydrogen) atoms. The highest BCUT2D eigenvalue weighted by molar-refractivity contribution is 6.30. The van der Waals surface area contributed by atoms with Crippen molar-refractivity contribution in [2.24, 2.45) is 5.92 Å². The minimum Gasteiger partial charge on any atom is -0.479 e. The Morgan fingerprint density at radius 2 is 1.67 bits per heavy atom. The number of carbonyl (C=O) groups is 3. The van der Waals surface area contributed by atoms with Crippen molar-refractivity contribution in [3.05, 3.63) is 34.9 Å². The molecule has 2 unspecified atom stereocenters. The molecule has 0 spiro atoms. The second kappa shape index (κ2) is 8.61. The predicted molar refractivity (Wildman–Crippen MR) is 100 cm³/mol. The zero-order valence-corrected chi connectivity index (χ0v) is 15.8. The lowest BCUT2D eigenvalue weighted by Gasteiger charge is -2.35. The summed E-state index contributed by atoms with van der Waals surface area (Å²) in [5.74, 6) is -1.87. The van der Waals surface area contributed by atoms with Crippen molar-refractivity contribution < 1.29 is 19.5 Å². The van der Waals surface area contributed by atoms with Crippen LogP contribution in [-0.4, -0.2) is 59.0 Å². The van der Waals surface area contributed by atoms with Crippen molar-refractivity contribution in [3.8, 4) is 0 Å². The van der Waals surface area contributed by atoms with Gasteiger partial charge in [-0.05, 0) is 43.4 Å². The quantitative estimate of drug-likeness (QED) is 0.822. The number of carbonyl (C=O) groups excluding carboxylic acids is 2. The van der Waals surface area contributed by atoms with Crippen LogP contribution in [0.2, 0.25) is 5.02 Å². The van der Waals surface area contributed by atoms with Crippen LogP contribution in [0, 0.1) is 5.92 Å². The second-order valence-corrected chi connectivity index (χ2v) is 7.53. The van der Waals surface area contributed by atoms with Crippen molar-refractivity contribution in [1.29, 1.82) is 0 Å². The standard InChI is InChI=1S/C19H24ClN3O4/c20-15-7-5-13(6-8-15)16(18(25)26)21-17(24)14-4-3-11-23(12-14)19(27)22-9-1-2-10-22/h5-8,14,16H,1-4,9-12H2,(H,21,24)(H,25,26). The van der Waals surface area contributed by atoms with E-state index in [2.05, 4.69) is 5.32 Å². The van der Waals surface area contributed by atoms with E-state index in [0.717, 1.165) is 32.4 Å².